The van der Waals surface area contributed by atoms with E-state index in [9.17, 15) is 0 Å². The van der Waals surface area contributed by atoms with Crippen LogP contribution in [0.5, 0.6) is 5.75 Å². The number of nitrogens with zero attached hydrogens (tertiary/aromatic N) is 5. The summed E-state index contributed by atoms with van der Waals surface area (Å²) in [4.78, 5) is 18.4. The first-order valence-electron chi connectivity index (χ1n) is 9.40. The third-order valence-electron chi connectivity index (χ3n) is 4.64. The smallest absolute Gasteiger partial charge is 0.154 e. The van der Waals surface area contributed by atoms with E-state index >= 15 is 0 Å². The van der Waals surface area contributed by atoms with Gasteiger partial charge >= 0.3 is 0 Å². The Bertz CT molecular complexity index is 1340. The molecule has 31 heavy (non-hydrogen) atoms. The van der Waals surface area contributed by atoms with Crippen molar-refractivity contribution in [3.8, 4) is 11.4 Å². The topological polar surface area (TPSA) is 65.7 Å². The Hall–Kier alpha value is -2.94. The Kier molecular flexibility index (Phi) is 5.59. The summed E-state index contributed by atoms with van der Waals surface area (Å²) in [6.07, 6.45) is 10.7. The molecule has 1 aromatic carbocycles. The average molecular weight is 466 g/mol. The quantitative estimate of drug-likeness (QED) is 0.308. The lowest BCUT2D eigenvalue weighted by molar-refractivity contribution is 0.306. The number of thiazole rings is 1. The van der Waals surface area contributed by atoms with Gasteiger partial charge in [-0.1, -0.05) is 35.5 Å². The molecule has 154 valence electrons. The maximum atomic E-state index is 6.47. The third-order valence-corrected chi connectivity index (χ3v) is 6.92. The first kappa shape index (κ1) is 20.0. The highest BCUT2D eigenvalue weighted by atomic mass is 35.5. The van der Waals surface area contributed by atoms with Crippen LogP contribution < -0.4 is 4.74 Å². The number of para-hydroxylation sites is 1. The predicted molar refractivity (Wildman–Crippen MR) is 123 cm³/mol. The van der Waals surface area contributed by atoms with E-state index in [0.29, 0.717) is 17.4 Å². The van der Waals surface area contributed by atoms with Gasteiger partial charge in [0.1, 0.15) is 17.9 Å². The van der Waals surface area contributed by atoms with Gasteiger partial charge in [-0.15, -0.1) is 11.3 Å². The summed E-state index contributed by atoms with van der Waals surface area (Å²) in [5, 5.41) is 3.49. The molecule has 0 bridgehead atoms. The molecular weight excluding hydrogens is 450 g/mol. The van der Waals surface area contributed by atoms with Gasteiger partial charge in [0.15, 0.2) is 4.34 Å². The molecule has 5 rings (SSSR count). The summed E-state index contributed by atoms with van der Waals surface area (Å²) in [7, 11) is 0. The minimum absolute atomic E-state index is 0.296. The largest absolute Gasteiger partial charge is 0.487 e. The molecule has 0 saturated carbocycles. The summed E-state index contributed by atoms with van der Waals surface area (Å²) >= 11 is 9.58. The van der Waals surface area contributed by atoms with Crippen molar-refractivity contribution < 1.29 is 4.74 Å². The zero-order valence-electron chi connectivity index (χ0n) is 16.4. The number of benzene rings is 1. The highest BCUT2D eigenvalue weighted by Crippen LogP contribution is 2.36. The summed E-state index contributed by atoms with van der Waals surface area (Å²) < 4.78 is 9.15. The van der Waals surface area contributed by atoms with Crippen LogP contribution >= 0.6 is 34.7 Å². The maximum Gasteiger partial charge on any atom is 0.154 e. The van der Waals surface area contributed by atoms with E-state index in [1.165, 1.54) is 11.8 Å². The van der Waals surface area contributed by atoms with Crippen molar-refractivity contribution in [2.24, 2.45) is 0 Å². The Morgan fingerprint density at radius 1 is 1.19 bits per heavy atom. The van der Waals surface area contributed by atoms with Gasteiger partial charge in [-0.05, 0) is 19.1 Å². The molecule has 5 aromatic rings. The van der Waals surface area contributed by atoms with Crippen LogP contribution in [0.1, 0.15) is 11.3 Å². The number of aryl methyl sites for hydroxylation is 1. The lowest BCUT2D eigenvalue weighted by Crippen LogP contribution is -2.02. The van der Waals surface area contributed by atoms with E-state index in [2.05, 4.69) is 15.0 Å². The van der Waals surface area contributed by atoms with Gasteiger partial charge in [-0.3, -0.25) is 4.98 Å². The third kappa shape index (κ3) is 4.14. The molecule has 0 amide bonds. The van der Waals surface area contributed by atoms with E-state index in [1.54, 1.807) is 42.5 Å². The molecule has 0 N–H and O–H groups in total. The fraction of sp³-hybridized carbons (Fsp3) is 0.0909. The minimum Gasteiger partial charge on any atom is -0.487 e. The molecular formula is C22H16ClN5OS2. The van der Waals surface area contributed by atoms with E-state index in [0.717, 1.165) is 37.1 Å². The number of ether oxygens (including phenoxy) is 1. The number of rotatable bonds is 6. The fourth-order valence-corrected chi connectivity index (χ4v) is 5.20. The van der Waals surface area contributed by atoms with E-state index in [1.807, 2.05) is 47.3 Å². The fourth-order valence-electron chi connectivity index (χ4n) is 3.24. The second kappa shape index (κ2) is 8.66. The van der Waals surface area contributed by atoms with Crippen LogP contribution in [0.4, 0.5) is 0 Å². The first-order chi connectivity index (χ1) is 15.2. The van der Waals surface area contributed by atoms with Crippen molar-refractivity contribution in [1.82, 2.24) is 24.5 Å². The molecule has 0 unspecified atom stereocenters. The minimum atomic E-state index is 0.296. The Balaban J connectivity index is 1.50. The molecule has 0 saturated heterocycles. The number of hydrogen-bond acceptors (Lipinski definition) is 7. The Morgan fingerprint density at radius 2 is 2.13 bits per heavy atom. The van der Waals surface area contributed by atoms with Crippen LogP contribution in [0.2, 0.25) is 5.02 Å². The van der Waals surface area contributed by atoms with Gasteiger partial charge in [0.2, 0.25) is 0 Å². The zero-order chi connectivity index (χ0) is 21.2. The van der Waals surface area contributed by atoms with Crippen molar-refractivity contribution in [2.45, 2.75) is 22.8 Å². The monoisotopic (exact) mass is 465 g/mol. The highest BCUT2D eigenvalue weighted by molar-refractivity contribution is 8.01. The number of hydrogen-bond donors (Lipinski definition) is 0. The zero-order valence-corrected chi connectivity index (χ0v) is 18.8. The molecule has 0 spiro atoms. The Labute approximate surface area is 191 Å². The van der Waals surface area contributed by atoms with Crippen molar-refractivity contribution in [3.63, 3.8) is 0 Å². The molecule has 0 aliphatic heterocycles. The van der Waals surface area contributed by atoms with E-state index < -0.39 is 0 Å². The van der Waals surface area contributed by atoms with Gasteiger partial charge in [0.05, 0.1) is 17.0 Å². The summed E-state index contributed by atoms with van der Waals surface area (Å²) in [6.45, 7) is 2.27. The second-order valence-electron chi connectivity index (χ2n) is 6.69. The number of aromatic nitrogens is 5. The molecule has 0 fully saturated rings. The standard InChI is InChI=1S/C22H16ClN5OS2/c1-14-9-18(28-7-5-24-13-28)15-3-2-4-19(21(15)27-14)29-12-16-17(23)10-25-11-20(16)31-22-26-6-8-30-22/h2-11,13H,12H2,1H3. The molecule has 0 atom stereocenters. The summed E-state index contributed by atoms with van der Waals surface area (Å²) in [6, 6.07) is 7.97. The van der Waals surface area contributed by atoms with Crippen LogP contribution in [0, 0.1) is 6.92 Å². The Morgan fingerprint density at radius 3 is 2.94 bits per heavy atom. The van der Waals surface area contributed by atoms with Crippen molar-refractivity contribution >= 4 is 45.6 Å². The first-order valence-corrected chi connectivity index (χ1v) is 11.5. The second-order valence-corrected chi connectivity index (χ2v) is 9.28. The van der Waals surface area contributed by atoms with Crippen molar-refractivity contribution in [2.75, 3.05) is 0 Å². The van der Waals surface area contributed by atoms with Crippen LogP contribution in [0.15, 0.2) is 76.2 Å². The lowest BCUT2D eigenvalue weighted by Gasteiger charge is -2.14. The lowest BCUT2D eigenvalue weighted by atomic mass is 10.1. The van der Waals surface area contributed by atoms with Crippen LogP contribution in [-0.4, -0.2) is 24.5 Å². The van der Waals surface area contributed by atoms with Gasteiger partial charge in [0, 0.05) is 57.9 Å². The number of halogens is 1. The number of fused-ring (bicyclic) bond motifs is 1. The molecule has 6 nitrogen and oxygen atoms in total. The predicted octanol–water partition coefficient (Wildman–Crippen LogP) is 5.96. The van der Waals surface area contributed by atoms with Gasteiger partial charge in [0.25, 0.3) is 0 Å². The maximum absolute atomic E-state index is 6.47. The number of pyridine rings is 2. The summed E-state index contributed by atoms with van der Waals surface area (Å²) in [5.74, 6) is 0.695. The van der Waals surface area contributed by atoms with E-state index in [-0.39, 0.29) is 0 Å². The molecule has 4 heterocycles. The molecule has 0 aliphatic rings. The molecule has 9 heteroatoms. The van der Waals surface area contributed by atoms with Gasteiger partial charge in [-0.2, -0.15) is 0 Å². The molecule has 0 radical (unpaired) electrons. The van der Waals surface area contributed by atoms with Crippen LogP contribution in [0.3, 0.4) is 0 Å². The van der Waals surface area contributed by atoms with Crippen LogP contribution in [-0.2, 0) is 6.61 Å². The SMILES string of the molecule is Cc1cc(-n2ccnc2)c2cccc(OCc3c(Cl)cncc3Sc3nccs3)c2n1. The van der Waals surface area contributed by atoms with Crippen molar-refractivity contribution in [1.29, 1.82) is 0 Å². The average Bonchev–Trinajstić information content (AvgIpc) is 3.47. The van der Waals surface area contributed by atoms with Crippen LogP contribution in [0.25, 0.3) is 16.6 Å². The van der Waals surface area contributed by atoms with Gasteiger partial charge in [-0.25, -0.2) is 15.0 Å². The normalized spacial score (nSPS) is 11.2. The van der Waals surface area contributed by atoms with Gasteiger partial charge < -0.3 is 9.30 Å². The van der Waals surface area contributed by atoms with E-state index in [4.69, 9.17) is 21.3 Å². The summed E-state index contributed by atoms with van der Waals surface area (Å²) in [5.41, 5.74) is 3.57. The molecule has 0 aliphatic carbocycles. The molecule has 4 aromatic heterocycles. The highest BCUT2D eigenvalue weighted by Gasteiger charge is 2.14. The number of imidazole rings is 1. The van der Waals surface area contributed by atoms with Crippen molar-refractivity contribution in [3.05, 3.63) is 83.2 Å².